The maximum absolute atomic E-state index is 11.2. The van der Waals surface area contributed by atoms with Crippen LogP contribution in [0.3, 0.4) is 0 Å². The Morgan fingerprint density at radius 3 is 1.71 bits per heavy atom. The lowest BCUT2D eigenvalue weighted by Gasteiger charge is -2.14. The fourth-order valence-corrected chi connectivity index (χ4v) is 2.93. The van der Waals surface area contributed by atoms with E-state index in [9.17, 15) is 14.4 Å². The van der Waals surface area contributed by atoms with Crippen molar-refractivity contribution in [1.82, 2.24) is 0 Å². The maximum Gasteiger partial charge on any atom is 0.331 e. The molecule has 0 fully saturated rings. The number of hydrogen-bond donors (Lipinski definition) is 3. The van der Waals surface area contributed by atoms with Crippen molar-refractivity contribution in [2.45, 2.75) is 19.3 Å². The number of rotatable bonds is 9. The minimum absolute atomic E-state index is 0.00383. The molecule has 0 amide bonds. The van der Waals surface area contributed by atoms with Crippen LogP contribution in [0.1, 0.15) is 16.7 Å². The predicted octanol–water partition coefficient (Wildman–Crippen LogP) is 3.39. The highest BCUT2D eigenvalue weighted by Crippen LogP contribution is 2.28. The molecule has 2 aromatic carbocycles. The van der Waals surface area contributed by atoms with Crippen molar-refractivity contribution in [3.05, 3.63) is 83.5 Å². The summed E-state index contributed by atoms with van der Waals surface area (Å²) in [6, 6.07) is 8.85. The van der Waals surface area contributed by atoms with Crippen LogP contribution in [-0.4, -0.2) is 33.2 Å². The minimum Gasteiger partial charge on any atom is -0.478 e. The Kier molecular flexibility index (Phi) is 6.15. The molecule has 6 nitrogen and oxygen atoms in total. The first-order valence-corrected chi connectivity index (χ1v) is 8.36. The largest absolute Gasteiger partial charge is 0.478 e. The van der Waals surface area contributed by atoms with E-state index in [2.05, 4.69) is 19.7 Å². The summed E-state index contributed by atoms with van der Waals surface area (Å²) in [6.07, 6.45) is 0.254. The van der Waals surface area contributed by atoms with Crippen molar-refractivity contribution in [2.75, 3.05) is 0 Å². The van der Waals surface area contributed by atoms with Gasteiger partial charge >= 0.3 is 17.9 Å². The smallest absolute Gasteiger partial charge is 0.331 e. The van der Waals surface area contributed by atoms with Gasteiger partial charge in [0.05, 0.1) is 0 Å². The van der Waals surface area contributed by atoms with E-state index in [4.69, 9.17) is 15.3 Å². The topological polar surface area (TPSA) is 112 Å². The third kappa shape index (κ3) is 4.73. The second-order valence-electron chi connectivity index (χ2n) is 6.52. The number of hydrogen-bond acceptors (Lipinski definition) is 3. The van der Waals surface area contributed by atoms with Crippen molar-refractivity contribution in [3.8, 4) is 0 Å². The highest BCUT2D eigenvalue weighted by molar-refractivity contribution is 5.94. The third-order valence-electron chi connectivity index (χ3n) is 4.36. The molecule has 0 aliphatic rings. The highest BCUT2D eigenvalue weighted by Gasteiger charge is 2.15. The summed E-state index contributed by atoms with van der Waals surface area (Å²) >= 11 is 0. The molecule has 0 heterocycles. The first-order chi connectivity index (χ1) is 13.1. The molecule has 2 rings (SSSR count). The third-order valence-corrected chi connectivity index (χ3v) is 4.36. The van der Waals surface area contributed by atoms with Crippen molar-refractivity contribution < 1.29 is 29.7 Å². The van der Waals surface area contributed by atoms with Crippen molar-refractivity contribution in [1.29, 1.82) is 0 Å². The van der Waals surface area contributed by atoms with Gasteiger partial charge in [-0.15, -0.1) is 0 Å². The Morgan fingerprint density at radius 2 is 1.18 bits per heavy atom. The van der Waals surface area contributed by atoms with Crippen molar-refractivity contribution >= 4 is 28.7 Å². The van der Waals surface area contributed by atoms with Crippen molar-refractivity contribution in [2.24, 2.45) is 0 Å². The van der Waals surface area contributed by atoms with Gasteiger partial charge in [0.2, 0.25) is 0 Å². The van der Waals surface area contributed by atoms with E-state index in [1.54, 1.807) is 24.3 Å². The molecule has 6 heteroatoms. The molecule has 0 aromatic heterocycles. The van der Waals surface area contributed by atoms with Gasteiger partial charge in [0, 0.05) is 36.0 Å². The first-order valence-electron chi connectivity index (χ1n) is 8.36. The summed E-state index contributed by atoms with van der Waals surface area (Å²) in [4.78, 5) is 33.5. The summed E-state index contributed by atoms with van der Waals surface area (Å²) in [6.45, 7) is 10.7. The zero-order valence-corrected chi connectivity index (χ0v) is 15.2. The number of carboxylic acid groups (broad SMARTS) is 3. The summed E-state index contributed by atoms with van der Waals surface area (Å²) < 4.78 is 0. The van der Waals surface area contributed by atoms with E-state index in [0.29, 0.717) is 22.1 Å². The van der Waals surface area contributed by atoms with E-state index in [1.807, 2.05) is 6.07 Å². The molecular weight excluding hydrogens is 360 g/mol. The van der Waals surface area contributed by atoms with Gasteiger partial charge in [0.25, 0.3) is 0 Å². The Morgan fingerprint density at radius 1 is 0.679 bits per heavy atom. The van der Waals surface area contributed by atoms with Crippen LogP contribution < -0.4 is 0 Å². The van der Waals surface area contributed by atoms with Gasteiger partial charge in [-0.1, -0.05) is 50.1 Å². The number of fused-ring (bicyclic) bond motifs is 1. The molecule has 0 saturated carbocycles. The average molecular weight is 380 g/mol. The lowest BCUT2D eigenvalue weighted by atomic mass is 9.90. The minimum atomic E-state index is -1.12. The molecule has 0 radical (unpaired) electrons. The van der Waals surface area contributed by atoms with Crippen LogP contribution in [0.5, 0.6) is 0 Å². The SMILES string of the molecule is C=C(Cc1cc(CC(=C)C(=O)O)c2cccc(CC(=C)C(=O)O)c2c1)C(=O)O. The molecule has 28 heavy (non-hydrogen) atoms. The zero-order chi connectivity index (χ0) is 21.0. The Balaban J connectivity index is 2.64. The van der Waals surface area contributed by atoms with Gasteiger partial charge in [0.15, 0.2) is 0 Å². The van der Waals surface area contributed by atoms with Gasteiger partial charge in [-0.25, -0.2) is 14.4 Å². The molecule has 2 aromatic rings. The molecule has 0 atom stereocenters. The van der Waals surface area contributed by atoms with Crippen LogP contribution in [0, 0.1) is 0 Å². The standard InChI is InChI=1S/C22H20O6/c1-12(20(23)24)7-15-10-17(9-14(3)22(27)28)18-6-4-5-16(19(18)11-15)8-13(2)21(25)26/h4-6,10-11H,1-3,7-9H2,(H,23,24)(H,25,26)(H,27,28). The molecule has 0 aliphatic carbocycles. The molecule has 0 unspecified atom stereocenters. The maximum atomic E-state index is 11.2. The van der Waals surface area contributed by atoms with E-state index in [0.717, 1.165) is 5.39 Å². The van der Waals surface area contributed by atoms with Crippen LogP contribution in [0.15, 0.2) is 66.8 Å². The fraction of sp³-hybridized carbons (Fsp3) is 0.136. The summed E-state index contributed by atoms with van der Waals surface area (Å²) in [5, 5.41) is 28.9. The van der Waals surface area contributed by atoms with Gasteiger partial charge < -0.3 is 15.3 Å². The van der Waals surface area contributed by atoms with Crippen LogP contribution in [0.2, 0.25) is 0 Å². The summed E-state index contributed by atoms with van der Waals surface area (Å²) in [5.74, 6) is -3.35. The zero-order valence-electron chi connectivity index (χ0n) is 15.2. The lowest BCUT2D eigenvalue weighted by molar-refractivity contribution is -0.133. The first kappa shape index (κ1) is 20.6. The molecular formula is C22H20O6. The molecule has 0 spiro atoms. The normalized spacial score (nSPS) is 10.4. The average Bonchev–Trinajstić information content (AvgIpc) is 2.61. The molecule has 0 bridgehead atoms. The molecule has 144 valence electrons. The highest BCUT2D eigenvalue weighted by atomic mass is 16.4. The molecule has 3 N–H and O–H groups in total. The number of carboxylic acids is 3. The quantitative estimate of drug-likeness (QED) is 0.575. The molecule has 0 aliphatic heterocycles. The van der Waals surface area contributed by atoms with Gasteiger partial charge in [-0.05, 0) is 27.5 Å². The van der Waals surface area contributed by atoms with Crippen LogP contribution in [-0.2, 0) is 33.6 Å². The Hall–Kier alpha value is -3.67. The summed E-state index contributed by atoms with van der Waals surface area (Å²) in [5.41, 5.74) is 2.02. The number of carbonyl (C=O) groups is 3. The second-order valence-corrected chi connectivity index (χ2v) is 6.52. The van der Waals surface area contributed by atoms with E-state index in [1.165, 1.54) is 0 Å². The number of aliphatic carboxylic acids is 3. The van der Waals surface area contributed by atoms with Crippen LogP contribution >= 0.6 is 0 Å². The lowest BCUT2D eigenvalue weighted by Crippen LogP contribution is -2.06. The van der Waals surface area contributed by atoms with Gasteiger partial charge in [-0.2, -0.15) is 0 Å². The van der Waals surface area contributed by atoms with Gasteiger partial charge in [0.1, 0.15) is 0 Å². The van der Waals surface area contributed by atoms with E-state index >= 15 is 0 Å². The van der Waals surface area contributed by atoms with E-state index in [-0.39, 0.29) is 36.0 Å². The fourth-order valence-electron chi connectivity index (χ4n) is 2.93. The summed E-state index contributed by atoms with van der Waals surface area (Å²) in [7, 11) is 0. The Bertz CT molecular complexity index is 1030. The second kappa shape index (κ2) is 8.35. The van der Waals surface area contributed by atoms with Gasteiger partial charge in [-0.3, -0.25) is 0 Å². The van der Waals surface area contributed by atoms with E-state index < -0.39 is 17.9 Å². The number of benzene rings is 2. The molecule has 0 saturated heterocycles. The van der Waals surface area contributed by atoms with Crippen molar-refractivity contribution in [3.63, 3.8) is 0 Å². The predicted molar refractivity (Wildman–Crippen MR) is 105 cm³/mol. The Labute approximate surface area is 161 Å². The van der Waals surface area contributed by atoms with Crippen LogP contribution in [0.25, 0.3) is 10.8 Å². The monoisotopic (exact) mass is 380 g/mol. The van der Waals surface area contributed by atoms with Crippen LogP contribution in [0.4, 0.5) is 0 Å².